The summed E-state index contributed by atoms with van der Waals surface area (Å²) < 4.78 is 0. The molecule has 0 saturated carbocycles. The van der Waals surface area contributed by atoms with E-state index in [0.717, 1.165) is 0 Å². The Morgan fingerprint density at radius 2 is 0.481 bits per heavy atom. The first-order valence-electron chi connectivity index (χ1n) is 6.44. The third-order valence-electron chi connectivity index (χ3n) is 4.08. The molecule has 16 nitrogen and oxygen atoms in total. The van der Waals surface area contributed by atoms with Crippen molar-refractivity contribution >= 4 is 47.3 Å². The lowest BCUT2D eigenvalue weighted by Gasteiger charge is -2.47. The van der Waals surface area contributed by atoms with Gasteiger partial charge in [-0.05, 0) is 0 Å². The van der Waals surface area contributed by atoms with Crippen LogP contribution in [0.2, 0.25) is 0 Å². The average Bonchev–Trinajstić information content (AvgIpc) is 2.43. The van der Waals surface area contributed by atoms with Crippen LogP contribution in [0.4, 0.5) is 0 Å². The van der Waals surface area contributed by atoms with Crippen LogP contribution in [-0.4, -0.2) is 47.3 Å². The number of hydrogen-bond donors (Lipinski definition) is 8. The van der Waals surface area contributed by atoms with Gasteiger partial charge in [0.05, 0.1) is 0 Å². The van der Waals surface area contributed by atoms with Gasteiger partial charge in [-0.25, -0.2) is 0 Å². The van der Waals surface area contributed by atoms with Crippen molar-refractivity contribution in [2.45, 2.75) is 0 Å². The molecule has 0 unspecified atom stereocenters. The fourth-order valence-corrected chi connectivity index (χ4v) is 2.98. The Bertz CT molecular complexity index is 664. The predicted octanol–water partition coefficient (Wildman–Crippen LogP) is -8.17. The maximum absolute atomic E-state index is 12.3. The van der Waals surface area contributed by atoms with E-state index in [1.165, 1.54) is 0 Å². The van der Waals surface area contributed by atoms with E-state index in [4.69, 9.17) is 45.9 Å². The largest absolute Gasteiger partial charge is 0.369 e. The monoisotopic (exact) mass is 388 g/mol. The molecule has 0 spiro atoms. The maximum Gasteiger partial charge on any atom is 0.244 e. The summed E-state index contributed by atoms with van der Waals surface area (Å²) in [6.07, 6.45) is 0. The van der Waals surface area contributed by atoms with Crippen LogP contribution in [0.15, 0.2) is 0 Å². The SMILES string of the molecule is NC(=O)C(C(N)=O)(C(N)=O)C(C(N)=O)(C(N)=O)C(C(N)=O)(C(N)=O)C(N)=O. The summed E-state index contributed by atoms with van der Waals surface area (Å²) in [6.45, 7) is 0. The molecule has 148 valence electrons. The van der Waals surface area contributed by atoms with Gasteiger partial charge < -0.3 is 45.9 Å². The highest BCUT2D eigenvalue weighted by Gasteiger charge is 2.84. The van der Waals surface area contributed by atoms with Gasteiger partial charge in [0.25, 0.3) is 0 Å². The number of carbonyl (C=O) groups is 8. The number of nitrogens with two attached hydrogens (primary N) is 8. The number of carbonyl (C=O) groups excluding carboxylic acids is 8. The quantitative estimate of drug-likeness (QED) is 0.165. The minimum atomic E-state index is -4.31. The first-order valence-corrected chi connectivity index (χ1v) is 6.44. The Morgan fingerprint density at radius 3 is 0.556 bits per heavy atom. The molecule has 27 heavy (non-hydrogen) atoms. The molecular weight excluding hydrogens is 372 g/mol. The standard InChI is InChI=1S/C11H16N8O8/c12-1(20)9(2(13)21,3(14)22)11(7(18)26,8(19)27)10(4(15)23,5(16)24)6(17)25/h(H2,12,20)(H2,13,21)(H2,14,22)(H2,15,23)(H2,16,24)(H2,17,25)(H2,18,26)(H2,19,27). The lowest BCUT2D eigenvalue weighted by molar-refractivity contribution is -0.186. The molecule has 0 aliphatic heterocycles. The van der Waals surface area contributed by atoms with Gasteiger partial charge in [-0.15, -0.1) is 0 Å². The topological polar surface area (TPSA) is 345 Å². The third kappa shape index (κ3) is 2.23. The van der Waals surface area contributed by atoms with Gasteiger partial charge in [-0.3, -0.25) is 38.4 Å². The molecule has 0 radical (unpaired) electrons. The minimum absolute atomic E-state index is 2.28. The molecule has 0 heterocycles. The van der Waals surface area contributed by atoms with Crippen molar-refractivity contribution in [1.82, 2.24) is 0 Å². The first kappa shape index (κ1) is 22.8. The van der Waals surface area contributed by atoms with Crippen LogP contribution in [0.25, 0.3) is 0 Å². The molecule has 0 aliphatic rings. The van der Waals surface area contributed by atoms with Gasteiger partial charge in [0.2, 0.25) is 58.1 Å². The molecule has 0 bridgehead atoms. The molecule has 0 aromatic rings. The zero-order chi connectivity index (χ0) is 22.1. The third-order valence-corrected chi connectivity index (χ3v) is 4.08. The normalized spacial score (nSPS) is 11.9. The molecule has 0 rings (SSSR count). The van der Waals surface area contributed by atoms with Gasteiger partial charge in [-0.2, -0.15) is 0 Å². The summed E-state index contributed by atoms with van der Waals surface area (Å²) in [6, 6.07) is 0. The van der Waals surface area contributed by atoms with Crippen molar-refractivity contribution in [2.75, 3.05) is 0 Å². The number of amides is 8. The molecule has 0 atom stereocenters. The Balaban J connectivity index is 8.39. The molecule has 0 aromatic carbocycles. The highest BCUT2D eigenvalue weighted by molar-refractivity contribution is 6.37. The van der Waals surface area contributed by atoms with Gasteiger partial charge in [-0.1, -0.05) is 0 Å². The molecule has 0 saturated heterocycles. The molecule has 0 aliphatic carbocycles. The van der Waals surface area contributed by atoms with E-state index in [9.17, 15) is 38.4 Å². The Hall–Kier alpha value is -4.24. The second kappa shape index (κ2) is 6.58. The van der Waals surface area contributed by atoms with Crippen LogP contribution in [0.3, 0.4) is 0 Å². The summed E-state index contributed by atoms with van der Waals surface area (Å²) >= 11 is 0. The van der Waals surface area contributed by atoms with E-state index < -0.39 is 63.5 Å². The van der Waals surface area contributed by atoms with Crippen molar-refractivity contribution in [3.8, 4) is 0 Å². The smallest absolute Gasteiger partial charge is 0.244 e. The van der Waals surface area contributed by atoms with E-state index in [1.807, 2.05) is 0 Å². The first-order chi connectivity index (χ1) is 12.0. The molecular formula is C11H16N8O8. The van der Waals surface area contributed by atoms with E-state index in [1.54, 1.807) is 0 Å². The van der Waals surface area contributed by atoms with Crippen LogP contribution in [-0.2, 0) is 38.4 Å². The average molecular weight is 388 g/mol. The zero-order valence-electron chi connectivity index (χ0n) is 13.4. The summed E-state index contributed by atoms with van der Waals surface area (Å²) in [5.74, 6) is -18.4. The van der Waals surface area contributed by atoms with Crippen molar-refractivity contribution in [3.63, 3.8) is 0 Å². The number of rotatable bonds is 10. The maximum atomic E-state index is 12.3. The summed E-state index contributed by atoms with van der Waals surface area (Å²) in [7, 11) is 0. The summed E-state index contributed by atoms with van der Waals surface area (Å²) in [4.78, 5) is 96.7. The molecule has 0 aromatic heterocycles. The van der Waals surface area contributed by atoms with Crippen molar-refractivity contribution in [3.05, 3.63) is 0 Å². The van der Waals surface area contributed by atoms with Crippen LogP contribution >= 0.6 is 0 Å². The minimum Gasteiger partial charge on any atom is -0.369 e. The Labute approximate surface area is 148 Å². The van der Waals surface area contributed by atoms with Gasteiger partial charge >= 0.3 is 0 Å². The van der Waals surface area contributed by atoms with Crippen LogP contribution in [0.1, 0.15) is 0 Å². The highest BCUT2D eigenvalue weighted by atomic mass is 16.2. The summed E-state index contributed by atoms with van der Waals surface area (Å²) in [5.41, 5.74) is 26.9. The van der Waals surface area contributed by atoms with Gasteiger partial charge in [0.1, 0.15) is 0 Å². The molecule has 16 heteroatoms. The van der Waals surface area contributed by atoms with E-state index in [-0.39, 0.29) is 0 Å². The molecule has 0 fully saturated rings. The van der Waals surface area contributed by atoms with Crippen LogP contribution in [0, 0.1) is 16.2 Å². The molecule has 8 amide bonds. The van der Waals surface area contributed by atoms with Crippen molar-refractivity contribution < 1.29 is 38.4 Å². The fourth-order valence-electron chi connectivity index (χ4n) is 2.98. The highest BCUT2D eigenvalue weighted by Crippen LogP contribution is 2.52. The lowest BCUT2D eigenvalue weighted by atomic mass is 9.47. The van der Waals surface area contributed by atoms with Crippen molar-refractivity contribution in [2.24, 2.45) is 62.1 Å². The zero-order valence-corrected chi connectivity index (χ0v) is 13.4. The fraction of sp³-hybridized carbons (Fsp3) is 0.273. The van der Waals surface area contributed by atoms with Crippen molar-refractivity contribution in [1.29, 1.82) is 0 Å². The predicted molar refractivity (Wildman–Crippen MR) is 80.9 cm³/mol. The Kier molecular flexibility index (Phi) is 5.54. The second-order valence-electron chi connectivity index (χ2n) is 5.16. The summed E-state index contributed by atoms with van der Waals surface area (Å²) in [5, 5.41) is 0. The second-order valence-corrected chi connectivity index (χ2v) is 5.16. The van der Waals surface area contributed by atoms with E-state index in [0.29, 0.717) is 0 Å². The molecule has 16 N–H and O–H groups in total. The lowest BCUT2D eigenvalue weighted by Crippen LogP contribution is -2.82. The number of hydrogen-bond acceptors (Lipinski definition) is 8. The van der Waals surface area contributed by atoms with Crippen LogP contribution in [0.5, 0.6) is 0 Å². The van der Waals surface area contributed by atoms with Gasteiger partial charge in [0, 0.05) is 0 Å². The van der Waals surface area contributed by atoms with E-state index >= 15 is 0 Å². The van der Waals surface area contributed by atoms with Crippen LogP contribution < -0.4 is 45.9 Å². The van der Waals surface area contributed by atoms with E-state index in [2.05, 4.69) is 0 Å². The number of primary amides is 8. The van der Waals surface area contributed by atoms with Gasteiger partial charge in [0.15, 0.2) is 5.41 Å². The Morgan fingerprint density at radius 1 is 0.333 bits per heavy atom.